The number of nitrogens with zero attached hydrogens (tertiary/aromatic N) is 1. The lowest BCUT2D eigenvalue weighted by Gasteiger charge is -2.44. The van der Waals surface area contributed by atoms with Crippen molar-refractivity contribution in [2.45, 2.75) is 51.7 Å². The summed E-state index contributed by atoms with van der Waals surface area (Å²) < 4.78 is 5.61. The Kier molecular flexibility index (Phi) is 3.74. The monoisotopic (exact) mass is 274 g/mol. The number of nitrogens with one attached hydrogen (secondary N) is 1. The molecule has 1 N–H and O–H groups in total. The first-order valence-electron chi connectivity index (χ1n) is 7.74. The average Bonchev–Trinajstić information content (AvgIpc) is 3.21. The zero-order valence-electron chi connectivity index (χ0n) is 12.9. The Bertz CT molecular complexity index is 480. The quantitative estimate of drug-likeness (QED) is 0.913. The summed E-state index contributed by atoms with van der Waals surface area (Å²) in [6, 6.07) is 7.65. The van der Waals surface area contributed by atoms with Gasteiger partial charge >= 0.3 is 0 Å². The molecule has 1 saturated heterocycles. The van der Waals surface area contributed by atoms with Crippen molar-refractivity contribution in [3.05, 3.63) is 29.3 Å². The zero-order valence-corrected chi connectivity index (χ0v) is 12.9. The lowest BCUT2D eigenvalue weighted by atomic mass is 9.99. The van der Waals surface area contributed by atoms with Gasteiger partial charge in [-0.1, -0.05) is 6.07 Å². The van der Waals surface area contributed by atoms with E-state index in [0.29, 0.717) is 0 Å². The van der Waals surface area contributed by atoms with Crippen molar-refractivity contribution in [1.29, 1.82) is 0 Å². The van der Waals surface area contributed by atoms with Crippen LogP contribution in [0.25, 0.3) is 0 Å². The molecular weight excluding hydrogens is 248 g/mol. The van der Waals surface area contributed by atoms with Crippen LogP contribution in [-0.2, 0) is 11.3 Å². The molecule has 3 heteroatoms. The number of benzene rings is 1. The van der Waals surface area contributed by atoms with Crippen molar-refractivity contribution >= 4 is 5.69 Å². The second-order valence-corrected chi connectivity index (χ2v) is 6.78. The van der Waals surface area contributed by atoms with E-state index in [-0.39, 0.29) is 5.54 Å². The van der Waals surface area contributed by atoms with Crippen LogP contribution in [0.3, 0.4) is 0 Å². The summed E-state index contributed by atoms with van der Waals surface area (Å²) in [6.45, 7) is 10.3. The lowest BCUT2D eigenvalue weighted by Crippen LogP contribution is -2.53. The Morgan fingerprint density at radius 3 is 2.80 bits per heavy atom. The van der Waals surface area contributed by atoms with Crippen molar-refractivity contribution in [3.63, 3.8) is 0 Å². The molecule has 20 heavy (non-hydrogen) atoms. The largest absolute Gasteiger partial charge is 0.377 e. The number of morpholine rings is 1. The van der Waals surface area contributed by atoms with Crippen molar-refractivity contribution in [3.8, 4) is 0 Å². The summed E-state index contributed by atoms with van der Waals surface area (Å²) in [4.78, 5) is 2.47. The number of anilines is 1. The first-order valence-corrected chi connectivity index (χ1v) is 7.74. The second kappa shape index (κ2) is 5.38. The van der Waals surface area contributed by atoms with Crippen LogP contribution in [0.5, 0.6) is 0 Å². The van der Waals surface area contributed by atoms with Crippen LogP contribution in [0.1, 0.15) is 37.8 Å². The Morgan fingerprint density at radius 2 is 2.15 bits per heavy atom. The fourth-order valence-electron chi connectivity index (χ4n) is 2.92. The van der Waals surface area contributed by atoms with Gasteiger partial charge in [0.15, 0.2) is 0 Å². The minimum atomic E-state index is 0.0818. The highest BCUT2D eigenvalue weighted by Gasteiger charge is 2.30. The Labute approximate surface area is 122 Å². The molecule has 0 amide bonds. The molecule has 1 aromatic carbocycles. The highest BCUT2D eigenvalue weighted by atomic mass is 16.5. The minimum absolute atomic E-state index is 0.0818. The molecular formula is C17H26N2O. The van der Waals surface area contributed by atoms with Gasteiger partial charge in [-0.3, -0.25) is 0 Å². The summed E-state index contributed by atoms with van der Waals surface area (Å²) in [6.07, 6.45) is 2.69. The van der Waals surface area contributed by atoms with Crippen LogP contribution in [0.15, 0.2) is 18.2 Å². The molecule has 0 spiro atoms. The highest BCUT2D eigenvalue weighted by Crippen LogP contribution is 2.29. The summed E-state index contributed by atoms with van der Waals surface area (Å²) >= 11 is 0. The van der Waals surface area contributed by atoms with E-state index >= 15 is 0 Å². The number of ether oxygens (including phenoxy) is 1. The predicted molar refractivity (Wildman–Crippen MR) is 83.3 cm³/mol. The van der Waals surface area contributed by atoms with Gasteiger partial charge in [-0.25, -0.2) is 0 Å². The molecule has 3 nitrogen and oxygen atoms in total. The summed E-state index contributed by atoms with van der Waals surface area (Å²) in [5, 5.41) is 3.60. The third-order valence-electron chi connectivity index (χ3n) is 4.44. The molecule has 1 aliphatic heterocycles. The summed E-state index contributed by atoms with van der Waals surface area (Å²) in [5.41, 5.74) is 4.22. The van der Waals surface area contributed by atoms with E-state index in [0.717, 1.165) is 32.3 Å². The minimum Gasteiger partial charge on any atom is -0.377 e. The summed E-state index contributed by atoms with van der Waals surface area (Å²) in [7, 11) is 0. The second-order valence-electron chi connectivity index (χ2n) is 6.78. The fraction of sp³-hybridized carbons (Fsp3) is 0.647. The maximum absolute atomic E-state index is 5.61. The third kappa shape index (κ3) is 2.99. The van der Waals surface area contributed by atoms with Crippen LogP contribution in [0.4, 0.5) is 5.69 Å². The van der Waals surface area contributed by atoms with Crippen LogP contribution in [0, 0.1) is 6.92 Å². The molecule has 0 aromatic heterocycles. The van der Waals surface area contributed by atoms with Gasteiger partial charge in [0.25, 0.3) is 0 Å². The molecule has 110 valence electrons. The number of hydrogen-bond donors (Lipinski definition) is 1. The van der Waals surface area contributed by atoms with Gasteiger partial charge in [-0.15, -0.1) is 0 Å². The maximum Gasteiger partial charge on any atom is 0.0694 e. The van der Waals surface area contributed by atoms with Crippen molar-refractivity contribution < 1.29 is 4.74 Å². The van der Waals surface area contributed by atoms with Gasteiger partial charge in [0, 0.05) is 24.8 Å². The maximum atomic E-state index is 5.61. The van der Waals surface area contributed by atoms with Crippen molar-refractivity contribution in [2.75, 3.05) is 24.7 Å². The Hall–Kier alpha value is -1.06. The molecule has 0 bridgehead atoms. The molecule has 1 heterocycles. The molecule has 2 aliphatic rings. The van der Waals surface area contributed by atoms with Gasteiger partial charge in [0.2, 0.25) is 0 Å². The Balaban J connectivity index is 1.74. The molecule has 1 aliphatic carbocycles. The predicted octanol–water partition coefficient (Wildman–Crippen LogP) is 2.86. The van der Waals surface area contributed by atoms with Crippen LogP contribution in [0.2, 0.25) is 0 Å². The van der Waals surface area contributed by atoms with E-state index in [1.807, 2.05) is 0 Å². The standard InChI is InChI=1S/C17H26N2O/c1-13-10-16(19-8-9-20-12-17(19,2)3)7-4-14(13)11-18-15-5-6-15/h4,7,10,15,18H,5-6,8-9,11-12H2,1-3H3. The van der Waals surface area contributed by atoms with E-state index in [2.05, 4.69) is 49.2 Å². The molecule has 1 aromatic rings. The normalized spacial score (nSPS) is 22.1. The first kappa shape index (κ1) is 13.9. The number of aryl methyl sites for hydroxylation is 1. The molecule has 1 saturated carbocycles. The number of hydrogen-bond acceptors (Lipinski definition) is 3. The van der Waals surface area contributed by atoms with E-state index < -0.39 is 0 Å². The van der Waals surface area contributed by atoms with Crippen LogP contribution < -0.4 is 10.2 Å². The van der Waals surface area contributed by atoms with E-state index in [9.17, 15) is 0 Å². The van der Waals surface area contributed by atoms with Gasteiger partial charge in [-0.05, 0) is 56.9 Å². The van der Waals surface area contributed by atoms with Crippen molar-refractivity contribution in [2.24, 2.45) is 0 Å². The molecule has 2 fully saturated rings. The molecule has 0 radical (unpaired) electrons. The Morgan fingerprint density at radius 1 is 1.35 bits per heavy atom. The number of rotatable bonds is 4. The van der Waals surface area contributed by atoms with E-state index in [1.54, 1.807) is 0 Å². The molecule has 3 rings (SSSR count). The van der Waals surface area contributed by atoms with Gasteiger partial charge in [-0.2, -0.15) is 0 Å². The third-order valence-corrected chi connectivity index (χ3v) is 4.44. The lowest BCUT2D eigenvalue weighted by molar-refractivity contribution is 0.0644. The van der Waals surface area contributed by atoms with E-state index in [1.165, 1.54) is 29.7 Å². The SMILES string of the molecule is Cc1cc(N2CCOCC2(C)C)ccc1CNC1CC1. The van der Waals surface area contributed by atoms with Gasteiger partial charge in [0.1, 0.15) is 0 Å². The van der Waals surface area contributed by atoms with Gasteiger partial charge < -0.3 is 15.0 Å². The fourth-order valence-corrected chi connectivity index (χ4v) is 2.92. The zero-order chi connectivity index (χ0) is 14.2. The van der Waals surface area contributed by atoms with E-state index in [4.69, 9.17) is 4.74 Å². The van der Waals surface area contributed by atoms with Gasteiger partial charge in [0.05, 0.1) is 18.8 Å². The molecule has 0 unspecified atom stereocenters. The highest BCUT2D eigenvalue weighted by molar-refractivity contribution is 5.53. The summed E-state index contributed by atoms with van der Waals surface area (Å²) in [5.74, 6) is 0. The average molecular weight is 274 g/mol. The smallest absolute Gasteiger partial charge is 0.0694 e. The van der Waals surface area contributed by atoms with Crippen molar-refractivity contribution in [1.82, 2.24) is 5.32 Å². The van der Waals surface area contributed by atoms with Crippen LogP contribution >= 0.6 is 0 Å². The molecule has 0 atom stereocenters. The van der Waals surface area contributed by atoms with Crippen LogP contribution in [-0.4, -0.2) is 31.3 Å². The topological polar surface area (TPSA) is 24.5 Å². The first-order chi connectivity index (χ1) is 9.56.